The van der Waals surface area contributed by atoms with Gasteiger partial charge in [0.15, 0.2) is 6.10 Å². The van der Waals surface area contributed by atoms with E-state index in [1.54, 1.807) is 12.1 Å². The van der Waals surface area contributed by atoms with Gasteiger partial charge in [-0.15, -0.1) is 0 Å². The van der Waals surface area contributed by atoms with E-state index in [-0.39, 0.29) is 5.75 Å². The van der Waals surface area contributed by atoms with E-state index in [9.17, 15) is 15.0 Å². The van der Waals surface area contributed by atoms with Crippen LogP contribution in [0.5, 0.6) is 11.5 Å². The first-order valence-corrected chi connectivity index (χ1v) is 10.8. The number of carboxylic acid groups (broad SMARTS) is 1. The predicted octanol–water partition coefficient (Wildman–Crippen LogP) is 6.49. The van der Waals surface area contributed by atoms with E-state index in [1.165, 1.54) is 38.5 Å². The van der Waals surface area contributed by atoms with Crippen LogP contribution in [0.3, 0.4) is 0 Å². The number of phenolic OH excluding ortho intramolecular Hbond substituents is 1. The standard InChI is InChI=1S/C23H38O4/c1-3-5-7-9-10-11-13-15-21(23(25)26)27-22-18-20(24)17-16-19(22)14-12-8-6-4-2/h16-18,21,24H,3-15H2,1-2H3,(H,25,26). The quantitative estimate of drug-likeness (QED) is 0.323. The van der Waals surface area contributed by atoms with Gasteiger partial charge in [0.25, 0.3) is 0 Å². The Morgan fingerprint density at radius 1 is 0.926 bits per heavy atom. The molecule has 154 valence electrons. The lowest BCUT2D eigenvalue weighted by Crippen LogP contribution is -2.27. The van der Waals surface area contributed by atoms with E-state index in [4.69, 9.17) is 4.74 Å². The van der Waals surface area contributed by atoms with Crippen molar-refractivity contribution in [1.29, 1.82) is 0 Å². The maximum atomic E-state index is 11.6. The Bertz CT molecular complexity index is 527. The van der Waals surface area contributed by atoms with Crippen LogP contribution in [0.15, 0.2) is 18.2 Å². The number of benzene rings is 1. The van der Waals surface area contributed by atoms with Crippen molar-refractivity contribution in [1.82, 2.24) is 0 Å². The summed E-state index contributed by atoms with van der Waals surface area (Å²) >= 11 is 0. The zero-order valence-corrected chi connectivity index (χ0v) is 17.2. The topological polar surface area (TPSA) is 66.8 Å². The number of aromatic hydroxyl groups is 1. The van der Waals surface area contributed by atoms with Gasteiger partial charge in [-0.3, -0.25) is 0 Å². The molecule has 0 radical (unpaired) electrons. The highest BCUT2D eigenvalue weighted by molar-refractivity contribution is 5.72. The van der Waals surface area contributed by atoms with E-state index in [1.807, 2.05) is 6.07 Å². The second-order valence-corrected chi connectivity index (χ2v) is 7.46. The number of aliphatic carboxylic acids is 1. The van der Waals surface area contributed by atoms with E-state index in [0.717, 1.165) is 44.1 Å². The number of phenols is 1. The van der Waals surface area contributed by atoms with Crippen LogP contribution in [0.1, 0.15) is 96.5 Å². The fourth-order valence-corrected chi connectivity index (χ4v) is 3.27. The molecule has 1 aromatic carbocycles. The normalized spacial score (nSPS) is 12.1. The number of unbranched alkanes of at least 4 members (excludes halogenated alkanes) is 9. The summed E-state index contributed by atoms with van der Waals surface area (Å²) in [5, 5.41) is 19.3. The summed E-state index contributed by atoms with van der Waals surface area (Å²) in [5.74, 6) is -0.300. The maximum absolute atomic E-state index is 11.6. The van der Waals surface area contributed by atoms with Crippen molar-refractivity contribution in [2.75, 3.05) is 0 Å². The van der Waals surface area contributed by atoms with Crippen molar-refractivity contribution < 1.29 is 19.7 Å². The second kappa shape index (κ2) is 14.4. The monoisotopic (exact) mass is 378 g/mol. The molecule has 0 amide bonds. The Balaban J connectivity index is 2.54. The van der Waals surface area contributed by atoms with Crippen molar-refractivity contribution in [3.05, 3.63) is 23.8 Å². The Labute approximate surface area is 164 Å². The van der Waals surface area contributed by atoms with Crippen molar-refractivity contribution >= 4 is 5.97 Å². The largest absolute Gasteiger partial charge is 0.508 e. The third-order valence-electron chi connectivity index (χ3n) is 4.96. The van der Waals surface area contributed by atoms with Gasteiger partial charge in [-0.1, -0.05) is 77.7 Å². The Morgan fingerprint density at radius 3 is 2.15 bits per heavy atom. The molecule has 2 N–H and O–H groups in total. The molecule has 1 aromatic rings. The van der Waals surface area contributed by atoms with Crippen molar-refractivity contribution in [2.24, 2.45) is 0 Å². The van der Waals surface area contributed by atoms with Gasteiger partial charge in [0.1, 0.15) is 11.5 Å². The zero-order chi connectivity index (χ0) is 19.9. The molecule has 0 saturated carbocycles. The van der Waals surface area contributed by atoms with Crippen LogP contribution in [0.4, 0.5) is 0 Å². The maximum Gasteiger partial charge on any atom is 0.344 e. The zero-order valence-electron chi connectivity index (χ0n) is 17.2. The van der Waals surface area contributed by atoms with E-state index < -0.39 is 12.1 Å². The second-order valence-electron chi connectivity index (χ2n) is 7.46. The highest BCUT2D eigenvalue weighted by Crippen LogP contribution is 2.28. The molecule has 1 rings (SSSR count). The van der Waals surface area contributed by atoms with E-state index in [0.29, 0.717) is 12.2 Å². The first-order chi connectivity index (χ1) is 13.1. The molecule has 0 heterocycles. The summed E-state index contributed by atoms with van der Waals surface area (Å²) in [6.07, 6.45) is 13.1. The van der Waals surface area contributed by atoms with Crippen molar-refractivity contribution in [3.8, 4) is 11.5 Å². The fraction of sp³-hybridized carbons (Fsp3) is 0.696. The fourth-order valence-electron chi connectivity index (χ4n) is 3.27. The van der Waals surface area contributed by atoms with E-state index in [2.05, 4.69) is 13.8 Å². The highest BCUT2D eigenvalue weighted by Gasteiger charge is 2.20. The molecule has 0 saturated heterocycles. The molecular formula is C23H38O4. The summed E-state index contributed by atoms with van der Waals surface area (Å²) < 4.78 is 5.83. The molecular weight excluding hydrogens is 340 g/mol. The molecule has 1 atom stereocenters. The van der Waals surface area contributed by atoms with Gasteiger partial charge in [-0.05, 0) is 37.3 Å². The minimum absolute atomic E-state index is 0.113. The number of carbonyl (C=O) groups is 1. The third kappa shape index (κ3) is 10.3. The van der Waals surface area contributed by atoms with Gasteiger partial charge in [-0.2, -0.15) is 0 Å². The summed E-state index contributed by atoms with van der Waals surface area (Å²) in [6.45, 7) is 4.38. The third-order valence-corrected chi connectivity index (χ3v) is 4.96. The number of aryl methyl sites for hydroxylation is 1. The summed E-state index contributed by atoms with van der Waals surface area (Å²) in [5.41, 5.74) is 0.981. The highest BCUT2D eigenvalue weighted by atomic mass is 16.5. The molecule has 0 aliphatic carbocycles. The number of hydrogen-bond acceptors (Lipinski definition) is 3. The van der Waals surface area contributed by atoms with Crippen LogP contribution in [0.2, 0.25) is 0 Å². The number of carboxylic acids is 1. The molecule has 0 bridgehead atoms. The molecule has 0 aliphatic rings. The SMILES string of the molecule is CCCCCCCCCC(Oc1cc(O)ccc1CCCCCC)C(=O)O. The molecule has 0 spiro atoms. The molecule has 4 nitrogen and oxygen atoms in total. The van der Waals surface area contributed by atoms with E-state index >= 15 is 0 Å². The van der Waals surface area contributed by atoms with Crippen molar-refractivity contribution in [3.63, 3.8) is 0 Å². The smallest absolute Gasteiger partial charge is 0.344 e. The molecule has 0 aliphatic heterocycles. The van der Waals surface area contributed by atoms with Crippen molar-refractivity contribution in [2.45, 2.75) is 103 Å². The molecule has 4 heteroatoms. The molecule has 27 heavy (non-hydrogen) atoms. The van der Waals surface area contributed by atoms with Gasteiger partial charge in [0.2, 0.25) is 0 Å². The average molecular weight is 379 g/mol. The molecule has 0 aromatic heterocycles. The van der Waals surface area contributed by atoms with Crippen LogP contribution in [0.25, 0.3) is 0 Å². The lowest BCUT2D eigenvalue weighted by Gasteiger charge is -2.18. The Kier molecular flexibility index (Phi) is 12.4. The number of rotatable bonds is 16. The number of ether oxygens (including phenoxy) is 1. The molecule has 0 fully saturated rings. The minimum atomic E-state index is -0.929. The van der Waals surface area contributed by atoms with Gasteiger partial charge in [0.05, 0.1) is 0 Å². The van der Waals surface area contributed by atoms with Crippen LogP contribution in [-0.4, -0.2) is 22.3 Å². The Morgan fingerprint density at radius 2 is 1.52 bits per heavy atom. The first-order valence-electron chi connectivity index (χ1n) is 10.8. The minimum Gasteiger partial charge on any atom is -0.508 e. The lowest BCUT2D eigenvalue weighted by atomic mass is 10.0. The van der Waals surface area contributed by atoms with Crippen LogP contribution >= 0.6 is 0 Å². The van der Waals surface area contributed by atoms with Crippen LogP contribution in [-0.2, 0) is 11.2 Å². The first kappa shape index (κ1) is 23.3. The summed E-state index contributed by atoms with van der Waals surface area (Å²) in [4.78, 5) is 11.6. The van der Waals surface area contributed by atoms with Gasteiger partial charge in [0, 0.05) is 6.07 Å². The predicted molar refractivity (Wildman–Crippen MR) is 111 cm³/mol. The van der Waals surface area contributed by atoms with Gasteiger partial charge in [-0.25, -0.2) is 4.79 Å². The molecule has 1 unspecified atom stereocenters. The summed E-state index contributed by atoms with van der Waals surface area (Å²) in [7, 11) is 0. The Hall–Kier alpha value is -1.71. The summed E-state index contributed by atoms with van der Waals surface area (Å²) in [6, 6.07) is 5.05. The average Bonchev–Trinajstić information content (AvgIpc) is 2.64. The van der Waals surface area contributed by atoms with Crippen LogP contribution in [0, 0.1) is 0 Å². The number of hydrogen-bond donors (Lipinski definition) is 2. The van der Waals surface area contributed by atoms with Crippen LogP contribution < -0.4 is 4.74 Å². The van der Waals surface area contributed by atoms with Gasteiger partial charge < -0.3 is 14.9 Å². The van der Waals surface area contributed by atoms with Gasteiger partial charge >= 0.3 is 5.97 Å². The lowest BCUT2D eigenvalue weighted by molar-refractivity contribution is -0.145.